The van der Waals surface area contributed by atoms with Crippen molar-refractivity contribution in [3.8, 4) is 0 Å². The van der Waals surface area contributed by atoms with Gasteiger partial charge in [-0.05, 0) is 43.9 Å². The summed E-state index contributed by atoms with van der Waals surface area (Å²) in [6.07, 6.45) is -4.39. The first-order valence-corrected chi connectivity index (χ1v) is 7.39. The number of primary amides is 1. The quantitative estimate of drug-likeness (QED) is 0.833. The van der Waals surface area contributed by atoms with E-state index in [1.807, 2.05) is 0 Å². The second kappa shape index (κ2) is 7.47. The van der Waals surface area contributed by atoms with Gasteiger partial charge in [-0.15, -0.1) is 10.2 Å². The number of aromatic nitrogens is 2. The predicted octanol–water partition coefficient (Wildman–Crippen LogP) is 2.31. The van der Waals surface area contributed by atoms with Gasteiger partial charge in [0.2, 0.25) is 0 Å². The number of rotatable bonds is 6. The number of amides is 1. The van der Waals surface area contributed by atoms with Crippen LogP contribution in [0.1, 0.15) is 27.7 Å². The number of hydrogen-bond donors (Lipinski definition) is 2. The van der Waals surface area contributed by atoms with E-state index >= 15 is 0 Å². The number of likely N-dealkylation sites (N-methyl/N-ethyl adjacent to an activating group) is 1. The third-order valence-electron chi connectivity index (χ3n) is 3.62. The van der Waals surface area contributed by atoms with Crippen LogP contribution < -0.4 is 11.1 Å². The molecule has 2 rings (SSSR count). The van der Waals surface area contributed by atoms with E-state index in [2.05, 4.69) is 15.5 Å². The van der Waals surface area contributed by atoms with Gasteiger partial charge in [-0.3, -0.25) is 4.79 Å². The van der Waals surface area contributed by atoms with Crippen molar-refractivity contribution < 1.29 is 18.0 Å². The zero-order chi connectivity index (χ0) is 18.6. The Kier molecular flexibility index (Phi) is 5.58. The van der Waals surface area contributed by atoms with Gasteiger partial charge in [-0.2, -0.15) is 13.2 Å². The van der Waals surface area contributed by atoms with E-state index in [9.17, 15) is 18.0 Å². The number of anilines is 1. The van der Waals surface area contributed by atoms with Crippen molar-refractivity contribution in [1.29, 1.82) is 0 Å². The maximum absolute atomic E-state index is 12.9. The minimum Gasteiger partial charge on any atom is -0.367 e. The Morgan fingerprint density at radius 3 is 2.48 bits per heavy atom. The molecule has 1 aromatic carbocycles. The molecule has 2 aromatic rings. The van der Waals surface area contributed by atoms with E-state index in [1.165, 1.54) is 18.2 Å². The summed E-state index contributed by atoms with van der Waals surface area (Å²) in [5.41, 5.74) is 4.96. The van der Waals surface area contributed by atoms with Crippen LogP contribution in [0.4, 0.5) is 19.0 Å². The van der Waals surface area contributed by atoms with Crippen molar-refractivity contribution in [3.05, 3.63) is 53.2 Å². The number of carbonyl (C=O) groups is 1. The largest absolute Gasteiger partial charge is 0.416 e. The molecule has 0 saturated carbocycles. The number of carbonyl (C=O) groups excluding carboxylic acids is 1. The number of alkyl halides is 3. The number of halogens is 3. The van der Waals surface area contributed by atoms with E-state index in [1.54, 1.807) is 25.1 Å². The van der Waals surface area contributed by atoms with E-state index in [4.69, 9.17) is 5.73 Å². The smallest absolute Gasteiger partial charge is 0.367 e. The molecular weight excluding hydrogens is 335 g/mol. The summed E-state index contributed by atoms with van der Waals surface area (Å²) in [6, 6.07) is 7.84. The second-order valence-electron chi connectivity index (χ2n) is 5.65. The summed E-state index contributed by atoms with van der Waals surface area (Å²) in [5, 5.41) is 10.5. The van der Waals surface area contributed by atoms with Crippen LogP contribution in [0.3, 0.4) is 0 Å². The summed E-state index contributed by atoms with van der Waals surface area (Å²) < 4.78 is 38.7. The highest BCUT2D eigenvalue weighted by Gasteiger charge is 2.31. The molecule has 1 aromatic heterocycles. The molecule has 1 amide bonds. The lowest BCUT2D eigenvalue weighted by molar-refractivity contribution is -0.137. The fourth-order valence-corrected chi connectivity index (χ4v) is 2.28. The summed E-state index contributed by atoms with van der Waals surface area (Å²) in [5.74, 6) is -0.294. The molecule has 0 saturated heterocycles. The van der Waals surface area contributed by atoms with Gasteiger partial charge in [0, 0.05) is 6.54 Å². The van der Waals surface area contributed by atoms with Crippen molar-refractivity contribution in [1.82, 2.24) is 15.1 Å². The molecule has 0 radical (unpaired) electrons. The summed E-state index contributed by atoms with van der Waals surface area (Å²) in [7, 11) is 3.54. The van der Waals surface area contributed by atoms with E-state index in [-0.39, 0.29) is 11.7 Å². The van der Waals surface area contributed by atoms with Gasteiger partial charge in [0.25, 0.3) is 5.91 Å². The predicted molar refractivity (Wildman–Crippen MR) is 86.9 cm³/mol. The molecule has 3 N–H and O–H groups in total. The van der Waals surface area contributed by atoms with Gasteiger partial charge in [0.05, 0.1) is 11.6 Å². The monoisotopic (exact) mass is 353 g/mol. The van der Waals surface area contributed by atoms with Crippen LogP contribution in [-0.2, 0) is 6.18 Å². The first-order valence-electron chi connectivity index (χ1n) is 7.39. The molecule has 0 fully saturated rings. The lowest BCUT2D eigenvalue weighted by Crippen LogP contribution is -2.27. The highest BCUT2D eigenvalue weighted by molar-refractivity contribution is 5.90. The fourth-order valence-electron chi connectivity index (χ4n) is 2.28. The van der Waals surface area contributed by atoms with Crippen LogP contribution in [-0.4, -0.2) is 41.6 Å². The average Bonchev–Trinajstić information content (AvgIpc) is 2.54. The van der Waals surface area contributed by atoms with Gasteiger partial charge >= 0.3 is 6.18 Å². The molecule has 1 heterocycles. The lowest BCUT2D eigenvalue weighted by atomic mass is 10.0. The maximum Gasteiger partial charge on any atom is 0.416 e. The van der Waals surface area contributed by atoms with Gasteiger partial charge in [0.15, 0.2) is 5.69 Å². The Hall–Kier alpha value is -2.68. The molecule has 6 nitrogen and oxygen atoms in total. The normalized spacial score (nSPS) is 12.9. The molecule has 134 valence electrons. The number of nitrogens with one attached hydrogen (secondary N) is 1. The number of benzene rings is 1. The van der Waals surface area contributed by atoms with Crippen molar-refractivity contribution >= 4 is 11.7 Å². The SMILES string of the molecule is CN(C)C(CNc1ccc(C(N)=O)nn1)c1cccc(C(F)(F)F)c1. The number of hydrogen-bond acceptors (Lipinski definition) is 5. The van der Waals surface area contributed by atoms with E-state index in [0.29, 0.717) is 17.9 Å². The Balaban J connectivity index is 2.15. The van der Waals surface area contributed by atoms with Crippen LogP contribution >= 0.6 is 0 Å². The van der Waals surface area contributed by atoms with Crippen molar-refractivity contribution in [3.63, 3.8) is 0 Å². The van der Waals surface area contributed by atoms with Crippen LogP contribution in [0, 0.1) is 0 Å². The molecule has 9 heteroatoms. The molecule has 25 heavy (non-hydrogen) atoms. The molecule has 0 aliphatic rings. The second-order valence-corrected chi connectivity index (χ2v) is 5.65. The van der Waals surface area contributed by atoms with Crippen LogP contribution in [0.2, 0.25) is 0 Å². The molecule has 0 aliphatic carbocycles. The zero-order valence-corrected chi connectivity index (χ0v) is 13.7. The molecule has 0 aliphatic heterocycles. The highest BCUT2D eigenvalue weighted by Crippen LogP contribution is 2.31. The molecule has 0 bridgehead atoms. The number of nitrogens with two attached hydrogens (primary N) is 1. The average molecular weight is 353 g/mol. The Bertz CT molecular complexity index is 731. The summed E-state index contributed by atoms with van der Waals surface area (Å²) >= 11 is 0. The third kappa shape index (κ3) is 4.90. The topological polar surface area (TPSA) is 84.1 Å². The lowest BCUT2D eigenvalue weighted by Gasteiger charge is -2.26. The van der Waals surface area contributed by atoms with Gasteiger partial charge in [-0.1, -0.05) is 12.1 Å². The Morgan fingerprint density at radius 2 is 1.96 bits per heavy atom. The molecular formula is C16H18F3N5O. The Labute approximate surface area is 142 Å². The zero-order valence-electron chi connectivity index (χ0n) is 13.7. The summed E-state index contributed by atoms with van der Waals surface area (Å²) in [4.78, 5) is 12.8. The maximum atomic E-state index is 12.9. The minimum absolute atomic E-state index is 0.0348. The van der Waals surface area contributed by atoms with Crippen molar-refractivity contribution in [2.45, 2.75) is 12.2 Å². The molecule has 0 spiro atoms. The van der Waals surface area contributed by atoms with Crippen molar-refractivity contribution in [2.75, 3.05) is 26.0 Å². The molecule has 1 atom stereocenters. The third-order valence-corrected chi connectivity index (χ3v) is 3.62. The standard InChI is InChI=1S/C16H18F3N5O/c1-24(2)13(10-4-3-5-11(8-10)16(17,18)19)9-21-14-7-6-12(15(20)25)22-23-14/h3-8,13H,9H2,1-2H3,(H2,20,25)(H,21,23). The fraction of sp³-hybridized carbons (Fsp3) is 0.312. The number of nitrogens with zero attached hydrogens (tertiary/aromatic N) is 3. The first-order chi connectivity index (χ1) is 11.7. The van der Waals surface area contributed by atoms with Gasteiger partial charge < -0.3 is 16.0 Å². The van der Waals surface area contributed by atoms with Gasteiger partial charge in [-0.25, -0.2) is 0 Å². The van der Waals surface area contributed by atoms with E-state index < -0.39 is 17.6 Å². The first kappa shape index (κ1) is 18.7. The van der Waals surface area contributed by atoms with Gasteiger partial charge in [0.1, 0.15) is 5.82 Å². The van der Waals surface area contributed by atoms with Crippen molar-refractivity contribution in [2.24, 2.45) is 5.73 Å². The van der Waals surface area contributed by atoms with Crippen LogP contribution in [0.5, 0.6) is 0 Å². The van der Waals surface area contributed by atoms with E-state index in [0.717, 1.165) is 12.1 Å². The Morgan fingerprint density at radius 1 is 1.24 bits per heavy atom. The van der Waals surface area contributed by atoms with Crippen LogP contribution in [0.15, 0.2) is 36.4 Å². The highest BCUT2D eigenvalue weighted by atomic mass is 19.4. The minimum atomic E-state index is -4.39. The van der Waals surface area contributed by atoms with Crippen LogP contribution in [0.25, 0.3) is 0 Å². The summed E-state index contributed by atoms with van der Waals surface area (Å²) in [6.45, 7) is 0.304. The molecule has 1 unspecified atom stereocenters.